The minimum Gasteiger partial charge on any atom is -0.493 e. The molecular formula is C15H10F5NO3. The first-order chi connectivity index (χ1) is 11.3. The van der Waals surface area contributed by atoms with E-state index in [9.17, 15) is 26.7 Å². The third-order valence-electron chi connectivity index (χ3n) is 2.93. The normalized spacial score (nSPS) is 11.1. The van der Waals surface area contributed by atoms with Gasteiger partial charge in [0.25, 0.3) is 0 Å². The van der Waals surface area contributed by atoms with Crippen molar-refractivity contribution in [1.29, 1.82) is 0 Å². The van der Waals surface area contributed by atoms with Gasteiger partial charge in [0, 0.05) is 11.8 Å². The van der Waals surface area contributed by atoms with Gasteiger partial charge in [-0.15, -0.1) is 0 Å². The van der Waals surface area contributed by atoms with Crippen molar-refractivity contribution in [1.82, 2.24) is 0 Å². The van der Waals surface area contributed by atoms with Crippen LogP contribution in [0.4, 0.5) is 27.6 Å². The summed E-state index contributed by atoms with van der Waals surface area (Å²) < 4.78 is 75.2. The Bertz CT molecular complexity index is 738. The van der Waals surface area contributed by atoms with Crippen LogP contribution in [0.3, 0.4) is 0 Å². The van der Waals surface area contributed by atoms with Crippen molar-refractivity contribution in [3.63, 3.8) is 0 Å². The quantitative estimate of drug-likeness (QED) is 0.646. The Morgan fingerprint density at radius 3 is 2.17 bits per heavy atom. The fourth-order valence-corrected chi connectivity index (χ4v) is 1.85. The van der Waals surface area contributed by atoms with E-state index in [1.807, 2.05) is 0 Å². The molecule has 9 heteroatoms. The fraction of sp³-hybridized carbons (Fsp3) is 0.133. The van der Waals surface area contributed by atoms with Gasteiger partial charge in [0.1, 0.15) is 0 Å². The van der Waals surface area contributed by atoms with E-state index in [0.29, 0.717) is 6.41 Å². The van der Waals surface area contributed by atoms with E-state index in [-0.39, 0.29) is 29.3 Å². The number of alkyl halides is 3. The van der Waals surface area contributed by atoms with Crippen LogP contribution in [0.5, 0.6) is 17.2 Å². The van der Waals surface area contributed by atoms with Crippen molar-refractivity contribution in [3.8, 4) is 17.2 Å². The molecule has 1 N–H and O–H groups in total. The lowest BCUT2D eigenvalue weighted by Crippen LogP contribution is -2.07. The SMILES string of the molecule is COc1ccc(NC=O)cc1Oc1c(F)cc(C(F)(F)F)cc1F. The summed E-state index contributed by atoms with van der Waals surface area (Å²) in [6.45, 7) is 0. The van der Waals surface area contributed by atoms with Crippen molar-refractivity contribution in [2.45, 2.75) is 6.18 Å². The van der Waals surface area contributed by atoms with E-state index >= 15 is 0 Å². The molecule has 0 bridgehead atoms. The smallest absolute Gasteiger partial charge is 0.416 e. The number of anilines is 1. The number of amides is 1. The number of hydrogen-bond acceptors (Lipinski definition) is 3. The second-order valence-corrected chi connectivity index (χ2v) is 4.50. The van der Waals surface area contributed by atoms with E-state index in [2.05, 4.69) is 5.32 Å². The van der Waals surface area contributed by atoms with Gasteiger partial charge in [-0.05, 0) is 24.3 Å². The topological polar surface area (TPSA) is 47.6 Å². The summed E-state index contributed by atoms with van der Waals surface area (Å²) in [5, 5.41) is 2.29. The zero-order valence-electron chi connectivity index (χ0n) is 12.1. The van der Waals surface area contributed by atoms with E-state index in [4.69, 9.17) is 9.47 Å². The molecule has 128 valence electrons. The van der Waals surface area contributed by atoms with Crippen LogP contribution in [-0.2, 0) is 11.0 Å². The van der Waals surface area contributed by atoms with Crippen LogP contribution >= 0.6 is 0 Å². The Morgan fingerprint density at radius 1 is 1.04 bits per heavy atom. The molecule has 0 saturated carbocycles. The number of hydrogen-bond donors (Lipinski definition) is 1. The number of ether oxygens (including phenoxy) is 2. The summed E-state index contributed by atoms with van der Waals surface area (Å²) in [6.07, 6.45) is -4.53. The maximum absolute atomic E-state index is 13.8. The van der Waals surface area contributed by atoms with Crippen molar-refractivity contribution in [2.24, 2.45) is 0 Å². The molecular weight excluding hydrogens is 337 g/mol. The minimum absolute atomic E-state index is 0.0603. The van der Waals surface area contributed by atoms with Crippen LogP contribution < -0.4 is 14.8 Å². The lowest BCUT2D eigenvalue weighted by atomic mass is 10.2. The number of carbonyl (C=O) groups is 1. The van der Waals surface area contributed by atoms with Crippen molar-refractivity contribution in [3.05, 3.63) is 47.5 Å². The molecule has 0 fully saturated rings. The highest BCUT2D eigenvalue weighted by molar-refractivity contribution is 5.73. The third kappa shape index (κ3) is 3.73. The molecule has 0 atom stereocenters. The average molecular weight is 347 g/mol. The van der Waals surface area contributed by atoms with Gasteiger partial charge in [0.15, 0.2) is 28.9 Å². The Morgan fingerprint density at radius 2 is 1.67 bits per heavy atom. The Hall–Kier alpha value is -2.84. The Kier molecular flexibility index (Phi) is 4.91. The molecule has 0 aromatic heterocycles. The van der Waals surface area contributed by atoms with Crippen LogP contribution in [0.1, 0.15) is 5.56 Å². The van der Waals surface area contributed by atoms with Gasteiger partial charge in [-0.25, -0.2) is 8.78 Å². The first kappa shape index (κ1) is 17.5. The highest BCUT2D eigenvalue weighted by atomic mass is 19.4. The van der Waals surface area contributed by atoms with Gasteiger partial charge < -0.3 is 14.8 Å². The highest BCUT2D eigenvalue weighted by Crippen LogP contribution is 2.38. The van der Waals surface area contributed by atoms with E-state index < -0.39 is 29.1 Å². The monoisotopic (exact) mass is 347 g/mol. The van der Waals surface area contributed by atoms with Crippen LogP contribution in [-0.4, -0.2) is 13.5 Å². The Labute approximate surface area is 132 Å². The van der Waals surface area contributed by atoms with Crippen molar-refractivity contribution >= 4 is 12.1 Å². The predicted molar refractivity (Wildman–Crippen MR) is 74.1 cm³/mol. The molecule has 4 nitrogen and oxygen atoms in total. The zero-order valence-corrected chi connectivity index (χ0v) is 12.1. The molecule has 1 amide bonds. The first-order valence-corrected chi connectivity index (χ1v) is 6.38. The maximum atomic E-state index is 13.8. The van der Waals surface area contributed by atoms with Crippen LogP contribution in [0.15, 0.2) is 30.3 Å². The summed E-state index contributed by atoms with van der Waals surface area (Å²) in [7, 11) is 1.26. The van der Waals surface area contributed by atoms with E-state index in [1.54, 1.807) is 0 Å². The van der Waals surface area contributed by atoms with Gasteiger partial charge in [0.2, 0.25) is 6.41 Å². The lowest BCUT2D eigenvalue weighted by molar-refractivity contribution is -0.138. The van der Waals surface area contributed by atoms with Gasteiger partial charge in [-0.3, -0.25) is 4.79 Å². The average Bonchev–Trinajstić information content (AvgIpc) is 2.50. The first-order valence-electron chi connectivity index (χ1n) is 6.38. The molecule has 0 aliphatic carbocycles. The minimum atomic E-state index is -4.90. The highest BCUT2D eigenvalue weighted by Gasteiger charge is 2.33. The summed E-state index contributed by atoms with van der Waals surface area (Å²) in [6, 6.07) is 4.22. The van der Waals surface area contributed by atoms with E-state index in [0.717, 1.165) is 0 Å². The van der Waals surface area contributed by atoms with Crippen LogP contribution in [0.25, 0.3) is 0 Å². The molecule has 0 heterocycles. The van der Waals surface area contributed by atoms with Gasteiger partial charge >= 0.3 is 6.18 Å². The third-order valence-corrected chi connectivity index (χ3v) is 2.93. The molecule has 0 unspecified atom stereocenters. The van der Waals surface area contributed by atoms with Gasteiger partial charge in [-0.2, -0.15) is 13.2 Å². The zero-order chi connectivity index (χ0) is 17.9. The molecule has 2 rings (SSSR count). The molecule has 2 aromatic rings. The van der Waals surface area contributed by atoms with E-state index in [1.165, 1.54) is 25.3 Å². The molecule has 2 aromatic carbocycles. The summed E-state index contributed by atoms with van der Waals surface area (Å²) in [4.78, 5) is 10.4. The predicted octanol–water partition coefficient (Wildman–Crippen LogP) is 4.35. The fourth-order valence-electron chi connectivity index (χ4n) is 1.85. The van der Waals surface area contributed by atoms with Crippen LogP contribution in [0.2, 0.25) is 0 Å². The molecule has 0 aliphatic rings. The standard InChI is InChI=1S/C15H10F5NO3/c1-23-12-3-2-9(21-7-22)6-13(12)24-14-10(16)4-8(5-11(14)17)15(18,19)20/h2-7H,1H3,(H,21,22). The van der Waals surface area contributed by atoms with Gasteiger partial charge in [0.05, 0.1) is 12.7 Å². The Balaban J connectivity index is 2.44. The van der Waals surface area contributed by atoms with Crippen molar-refractivity contribution < 1.29 is 36.2 Å². The summed E-state index contributed by atoms with van der Waals surface area (Å²) in [5.41, 5.74) is -1.25. The number of methoxy groups -OCH3 is 1. The number of benzene rings is 2. The number of halogens is 5. The largest absolute Gasteiger partial charge is 0.493 e. The number of carbonyl (C=O) groups excluding carboxylic acids is 1. The summed E-state index contributed by atoms with van der Waals surface area (Å²) in [5.74, 6) is -4.21. The van der Waals surface area contributed by atoms with Crippen LogP contribution in [0, 0.1) is 11.6 Å². The number of rotatable bonds is 5. The second-order valence-electron chi connectivity index (χ2n) is 4.50. The van der Waals surface area contributed by atoms with Crippen molar-refractivity contribution in [2.75, 3.05) is 12.4 Å². The van der Waals surface area contributed by atoms with Gasteiger partial charge in [-0.1, -0.05) is 0 Å². The number of nitrogens with one attached hydrogen (secondary N) is 1. The maximum Gasteiger partial charge on any atom is 0.416 e. The molecule has 0 spiro atoms. The molecule has 0 aliphatic heterocycles. The molecule has 0 radical (unpaired) electrons. The lowest BCUT2D eigenvalue weighted by Gasteiger charge is -2.14. The molecule has 24 heavy (non-hydrogen) atoms. The molecule has 0 saturated heterocycles. The summed E-state index contributed by atoms with van der Waals surface area (Å²) >= 11 is 0. The second kappa shape index (κ2) is 6.73.